The van der Waals surface area contributed by atoms with Crippen LogP contribution in [-0.2, 0) is 12.8 Å². The number of hydrogen-bond acceptors (Lipinski definition) is 3. The number of hydrogen-bond donors (Lipinski definition) is 3. The highest BCUT2D eigenvalue weighted by atomic mass is 35.5. The number of aryl methyl sites for hydroxylation is 2. The van der Waals surface area contributed by atoms with E-state index in [1.807, 2.05) is 36.4 Å². The van der Waals surface area contributed by atoms with Crippen molar-refractivity contribution in [3.8, 4) is 0 Å². The lowest BCUT2D eigenvalue weighted by atomic mass is 10.0. The highest BCUT2D eigenvalue weighted by Crippen LogP contribution is 2.25. The predicted octanol–water partition coefficient (Wildman–Crippen LogP) is 5.92. The molecule has 0 radical (unpaired) electrons. The van der Waals surface area contributed by atoms with Crippen molar-refractivity contribution < 1.29 is 19.8 Å². The van der Waals surface area contributed by atoms with Gasteiger partial charge >= 0.3 is 11.9 Å². The van der Waals surface area contributed by atoms with Gasteiger partial charge in [-0.1, -0.05) is 41.4 Å². The molecule has 3 rings (SSSR count). The zero-order valence-corrected chi connectivity index (χ0v) is 16.7. The Morgan fingerprint density at radius 2 is 1.41 bits per heavy atom. The molecule has 0 heterocycles. The summed E-state index contributed by atoms with van der Waals surface area (Å²) in [7, 11) is 0. The third-order valence-corrected chi connectivity index (χ3v) is 5.16. The largest absolute Gasteiger partial charge is 0.478 e. The average molecular weight is 430 g/mol. The molecule has 0 unspecified atom stereocenters. The minimum Gasteiger partial charge on any atom is -0.478 e. The summed E-state index contributed by atoms with van der Waals surface area (Å²) < 4.78 is 0. The molecule has 3 aromatic carbocycles. The van der Waals surface area contributed by atoms with Gasteiger partial charge in [0.2, 0.25) is 0 Å². The van der Waals surface area contributed by atoms with Crippen molar-refractivity contribution in [1.29, 1.82) is 0 Å². The molecule has 5 nitrogen and oxygen atoms in total. The highest BCUT2D eigenvalue weighted by Gasteiger charge is 2.14. The summed E-state index contributed by atoms with van der Waals surface area (Å²) in [6.45, 7) is 0. The fourth-order valence-electron chi connectivity index (χ4n) is 2.86. The van der Waals surface area contributed by atoms with Gasteiger partial charge < -0.3 is 15.5 Å². The molecule has 29 heavy (non-hydrogen) atoms. The number of rotatable bonds is 7. The van der Waals surface area contributed by atoms with Crippen LogP contribution in [0.3, 0.4) is 0 Å². The number of carbonyl (C=O) groups is 2. The van der Waals surface area contributed by atoms with Gasteiger partial charge in [-0.25, -0.2) is 9.59 Å². The molecule has 0 atom stereocenters. The van der Waals surface area contributed by atoms with Gasteiger partial charge in [-0.05, 0) is 66.4 Å². The summed E-state index contributed by atoms with van der Waals surface area (Å²) in [6.07, 6.45) is 1.62. The van der Waals surface area contributed by atoms with Crippen LogP contribution in [0, 0.1) is 0 Å². The van der Waals surface area contributed by atoms with E-state index in [-0.39, 0.29) is 11.1 Å². The zero-order chi connectivity index (χ0) is 21.0. The number of carboxylic acid groups (broad SMARTS) is 2. The first-order valence-electron chi connectivity index (χ1n) is 8.74. The lowest BCUT2D eigenvalue weighted by Gasteiger charge is -2.11. The van der Waals surface area contributed by atoms with Crippen molar-refractivity contribution in [2.24, 2.45) is 0 Å². The molecule has 0 aromatic heterocycles. The SMILES string of the molecule is O=C(O)c1ccc(Nc2ccc(CCc3ccc(Cl)c(Cl)c3)cc2)c(C(=O)O)c1. The first-order valence-corrected chi connectivity index (χ1v) is 9.49. The maximum Gasteiger partial charge on any atom is 0.337 e. The summed E-state index contributed by atoms with van der Waals surface area (Å²) in [5.74, 6) is -2.38. The zero-order valence-electron chi connectivity index (χ0n) is 15.2. The second-order valence-electron chi connectivity index (χ2n) is 6.44. The fraction of sp³-hybridized carbons (Fsp3) is 0.0909. The number of nitrogens with one attached hydrogen (secondary N) is 1. The summed E-state index contributed by atoms with van der Waals surface area (Å²) in [6, 6.07) is 17.1. The van der Waals surface area contributed by atoms with E-state index >= 15 is 0 Å². The smallest absolute Gasteiger partial charge is 0.337 e. The van der Waals surface area contributed by atoms with E-state index in [4.69, 9.17) is 28.3 Å². The average Bonchev–Trinajstić information content (AvgIpc) is 2.70. The second-order valence-corrected chi connectivity index (χ2v) is 7.26. The van der Waals surface area contributed by atoms with Crippen LogP contribution >= 0.6 is 23.2 Å². The number of anilines is 2. The number of benzene rings is 3. The molecule has 3 N–H and O–H groups in total. The Balaban J connectivity index is 1.69. The van der Waals surface area contributed by atoms with E-state index in [1.165, 1.54) is 12.1 Å². The fourth-order valence-corrected chi connectivity index (χ4v) is 3.18. The van der Waals surface area contributed by atoms with Crippen molar-refractivity contribution in [3.63, 3.8) is 0 Å². The Morgan fingerprint density at radius 1 is 0.759 bits per heavy atom. The monoisotopic (exact) mass is 429 g/mol. The van der Waals surface area contributed by atoms with Crippen LogP contribution in [0.1, 0.15) is 31.8 Å². The van der Waals surface area contributed by atoms with Crippen molar-refractivity contribution in [3.05, 3.63) is 93.0 Å². The molecule has 7 heteroatoms. The first kappa shape index (κ1) is 20.7. The second kappa shape index (κ2) is 8.99. The maximum atomic E-state index is 11.5. The number of carboxylic acids is 2. The predicted molar refractivity (Wildman–Crippen MR) is 114 cm³/mol. The molecule has 0 aliphatic carbocycles. The van der Waals surface area contributed by atoms with Gasteiger partial charge in [-0.2, -0.15) is 0 Å². The minimum absolute atomic E-state index is 0.0781. The highest BCUT2D eigenvalue weighted by molar-refractivity contribution is 6.42. The van der Waals surface area contributed by atoms with Gasteiger partial charge in [0.05, 0.1) is 26.9 Å². The van der Waals surface area contributed by atoms with Gasteiger partial charge in [0.25, 0.3) is 0 Å². The molecule has 0 bridgehead atoms. The van der Waals surface area contributed by atoms with Crippen LogP contribution in [-0.4, -0.2) is 22.2 Å². The molecule has 3 aromatic rings. The maximum absolute atomic E-state index is 11.5. The van der Waals surface area contributed by atoms with Crippen LogP contribution in [0.25, 0.3) is 0 Å². The summed E-state index contributed by atoms with van der Waals surface area (Å²) in [4.78, 5) is 22.5. The van der Waals surface area contributed by atoms with Gasteiger partial charge in [0, 0.05) is 5.69 Å². The van der Waals surface area contributed by atoms with E-state index in [0.717, 1.165) is 30.0 Å². The van der Waals surface area contributed by atoms with Crippen molar-refractivity contribution in [2.45, 2.75) is 12.8 Å². The standard InChI is InChI=1S/C22H17Cl2NO4/c23-18-9-5-14(11-19(18)24)2-1-13-3-7-16(8-4-13)25-20-10-6-15(21(26)27)12-17(20)22(28)29/h3-12,25H,1-2H2,(H,26,27)(H,28,29). The quantitative estimate of drug-likeness (QED) is 0.433. The molecule has 0 fully saturated rings. The molecule has 148 valence electrons. The third-order valence-electron chi connectivity index (χ3n) is 4.42. The molecule has 0 aliphatic rings. The van der Waals surface area contributed by atoms with E-state index in [2.05, 4.69) is 5.32 Å². The van der Waals surface area contributed by atoms with Gasteiger partial charge in [0.15, 0.2) is 0 Å². The van der Waals surface area contributed by atoms with E-state index in [9.17, 15) is 14.7 Å². The van der Waals surface area contributed by atoms with Crippen molar-refractivity contribution >= 4 is 46.5 Å². The molecule has 0 aliphatic heterocycles. The van der Waals surface area contributed by atoms with Crippen LogP contribution in [0.5, 0.6) is 0 Å². The normalized spacial score (nSPS) is 10.6. The van der Waals surface area contributed by atoms with Gasteiger partial charge in [-0.3, -0.25) is 0 Å². The van der Waals surface area contributed by atoms with Crippen molar-refractivity contribution in [2.75, 3.05) is 5.32 Å². The Bertz CT molecular complexity index is 1060. The van der Waals surface area contributed by atoms with Crippen LogP contribution in [0.15, 0.2) is 60.7 Å². The molecule has 0 saturated heterocycles. The third kappa shape index (κ3) is 5.28. The molecule has 0 spiro atoms. The van der Waals surface area contributed by atoms with Gasteiger partial charge in [0.1, 0.15) is 0 Å². The molecular weight excluding hydrogens is 413 g/mol. The number of halogens is 2. The van der Waals surface area contributed by atoms with Crippen molar-refractivity contribution in [1.82, 2.24) is 0 Å². The van der Waals surface area contributed by atoms with Gasteiger partial charge in [-0.15, -0.1) is 0 Å². The Morgan fingerprint density at radius 3 is 2.03 bits per heavy atom. The van der Waals surface area contributed by atoms with E-state index < -0.39 is 11.9 Å². The Kier molecular flexibility index (Phi) is 6.42. The Hall–Kier alpha value is -3.02. The lowest BCUT2D eigenvalue weighted by Crippen LogP contribution is -2.06. The Labute approximate surface area is 177 Å². The van der Waals surface area contributed by atoms with Crippen LogP contribution < -0.4 is 5.32 Å². The molecular formula is C22H17Cl2NO4. The lowest BCUT2D eigenvalue weighted by molar-refractivity contribution is 0.0696. The summed E-state index contributed by atoms with van der Waals surface area (Å²) in [5.41, 5.74) is 3.05. The summed E-state index contributed by atoms with van der Waals surface area (Å²) in [5, 5.41) is 22.5. The molecule has 0 saturated carbocycles. The topological polar surface area (TPSA) is 86.6 Å². The minimum atomic E-state index is -1.20. The van der Waals surface area contributed by atoms with E-state index in [0.29, 0.717) is 21.4 Å². The summed E-state index contributed by atoms with van der Waals surface area (Å²) >= 11 is 12.0. The van der Waals surface area contributed by atoms with Crippen LogP contribution in [0.2, 0.25) is 10.0 Å². The number of aromatic carboxylic acids is 2. The first-order chi connectivity index (χ1) is 13.8. The van der Waals surface area contributed by atoms with E-state index in [1.54, 1.807) is 6.07 Å². The molecule has 0 amide bonds. The van der Waals surface area contributed by atoms with Crippen LogP contribution in [0.4, 0.5) is 11.4 Å².